The Morgan fingerprint density at radius 3 is 1.83 bits per heavy atom. The van der Waals surface area contributed by atoms with Gasteiger partial charge in [-0.25, -0.2) is 0 Å². The van der Waals surface area contributed by atoms with E-state index >= 15 is 0 Å². The zero-order chi connectivity index (χ0) is 20.9. The molecule has 1 saturated heterocycles. The maximum Gasteiger partial charge on any atom is 0.321 e. The molecule has 152 valence electrons. The number of nitrogen functional groups attached to an aromatic ring is 1. The third kappa shape index (κ3) is 4.12. The number of hydrogen-bond acceptors (Lipinski definition) is 4. The Morgan fingerprint density at radius 2 is 1.23 bits per heavy atom. The molecule has 0 unspecified atom stereocenters. The molecule has 2 N–H and O–H groups in total. The van der Waals surface area contributed by atoms with E-state index in [2.05, 4.69) is 17.0 Å². The SMILES string of the molecule is Nc1ccc(N(C(=O)C(=O)N2CCN(c3ccccc3)CC2)c2ccccc2)cc1. The van der Waals surface area contributed by atoms with Gasteiger partial charge in [0.2, 0.25) is 0 Å². The van der Waals surface area contributed by atoms with Crippen molar-refractivity contribution in [1.82, 2.24) is 4.90 Å². The molecule has 1 aliphatic heterocycles. The lowest BCUT2D eigenvalue weighted by atomic mass is 10.2. The average molecular weight is 400 g/mol. The van der Waals surface area contributed by atoms with Gasteiger partial charge in [0.1, 0.15) is 0 Å². The second kappa shape index (κ2) is 8.69. The highest BCUT2D eigenvalue weighted by Gasteiger charge is 2.31. The lowest BCUT2D eigenvalue weighted by Crippen LogP contribution is -2.52. The molecule has 0 atom stereocenters. The highest BCUT2D eigenvalue weighted by atomic mass is 16.2. The van der Waals surface area contributed by atoms with E-state index < -0.39 is 11.8 Å². The fourth-order valence-electron chi connectivity index (χ4n) is 3.62. The summed E-state index contributed by atoms with van der Waals surface area (Å²) in [5.74, 6) is -1.07. The van der Waals surface area contributed by atoms with Crippen molar-refractivity contribution in [3.63, 3.8) is 0 Å². The van der Waals surface area contributed by atoms with Crippen LogP contribution in [-0.4, -0.2) is 42.9 Å². The number of anilines is 4. The van der Waals surface area contributed by atoms with Gasteiger partial charge in [0, 0.05) is 48.9 Å². The summed E-state index contributed by atoms with van der Waals surface area (Å²) >= 11 is 0. The maximum absolute atomic E-state index is 13.3. The van der Waals surface area contributed by atoms with E-state index in [-0.39, 0.29) is 0 Å². The summed E-state index contributed by atoms with van der Waals surface area (Å²) in [6.45, 7) is 2.39. The van der Waals surface area contributed by atoms with Crippen LogP contribution < -0.4 is 15.5 Å². The van der Waals surface area contributed by atoms with Crippen molar-refractivity contribution in [3.8, 4) is 0 Å². The predicted octanol–water partition coefficient (Wildman–Crippen LogP) is 3.28. The fraction of sp³-hybridized carbons (Fsp3) is 0.167. The van der Waals surface area contributed by atoms with Gasteiger partial charge in [-0.05, 0) is 48.5 Å². The molecule has 0 saturated carbocycles. The first-order valence-corrected chi connectivity index (χ1v) is 9.97. The fourth-order valence-corrected chi connectivity index (χ4v) is 3.62. The molecule has 6 nitrogen and oxygen atoms in total. The van der Waals surface area contributed by atoms with E-state index in [9.17, 15) is 9.59 Å². The Labute approximate surface area is 176 Å². The normalized spacial score (nSPS) is 13.7. The quantitative estimate of drug-likeness (QED) is 0.541. The number of benzene rings is 3. The molecule has 0 aromatic heterocycles. The molecule has 1 fully saturated rings. The minimum atomic E-state index is -0.570. The van der Waals surface area contributed by atoms with Crippen LogP contribution in [0.3, 0.4) is 0 Å². The van der Waals surface area contributed by atoms with Crippen LogP contribution in [0.1, 0.15) is 0 Å². The predicted molar refractivity (Wildman–Crippen MR) is 120 cm³/mol. The van der Waals surface area contributed by atoms with Crippen molar-refractivity contribution in [2.75, 3.05) is 41.7 Å². The van der Waals surface area contributed by atoms with Crippen molar-refractivity contribution in [2.24, 2.45) is 0 Å². The first kappa shape index (κ1) is 19.5. The highest BCUT2D eigenvalue weighted by molar-refractivity contribution is 6.42. The molecular formula is C24H24N4O2. The molecule has 30 heavy (non-hydrogen) atoms. The number of carbonyl (C=O) groups excluding carboxylic acids is 2. The summed E-state index contributed by atoms with van der Waals surface area (Å²) < 4.78 is 0. The van der Waals surface area contributed by atoms with Crippen LogP contribution in [0, 0.1) is 0 Å². The van der Waals surface area contributed by atoms with Gasteiger partial charge in [-0.1, -0.05) is 36.4 Å². The molecule has 0 spiro atoms. The molecule has 6 heteroatoms. The Kier molecular flexibility index (Phi) is 5.66. The maximum atomic E-state index is 13.3. The molecule has 0 bridgehead atoms. The van der Waals surface area contributed by atoms with E-state index in [1.54, 1.807) is 29.2 Å². The third-order valence-corrected chi connectivity index (χ3v) is 5.24. The Morgan fingerprint density at radius 1 is 0.700 bits per heavy atom. The van der Waals surface area contributed by atoms with Crippen molar-refractivity contribution < 1.29 is 9.59 Å². The largest absolute Gasteiger partial charge is 0.399 e. The highest BCUT2D eigenvalue weighted by Crippen LogP contribution is 2.27. The number of amides is 2. The van der Waals surface area contributed by atoms with Crippen molar-refractivity contribution >= 4 is 34.6 Å². The zero-order valence-electron chi connectivity index (χ0n) is 16.6. The summed E-state index contributed by atoms with van der Waals surface area (Å²) in [4.78, 5) is 31.7. The molecule has 1 aliphatic rings. The van der Waals surface area contributed by atoms with E-state index in [0.29, 0.717) is 43.2 Å². The molecule has 4 rings (SSSR count). The van der Waals surface area contributed by atoms with Gasteiger partial charge in [-0.2, -0.15) is 0 Å². The van der Waals surface area contributed by atoms with E-state index in [1.165, 1.54) is 4.90 Å². The standard InChI is InChI=1S/C24H24N4O2/c25-19-11-13-22(14-12-19)28(21-9-5-2-6-10-21)24(30)23(29)27-17-15-26(16-18-27)20-7-3-1-4-8-20/h1-14H,15-18,25H2. The van der Waals surface area contributed by atoms with E-state index in [0.717, 1.165) is 5.69 Å². The molecule has 3 aromatic carbocycles. The van der Waals surface area contributed by atoms with Crippen LogP contribution >= 0.6 is 0 Å². The number of carbonyl (C=O) groups is 2. The summed E-state index contributed by atoms with van der Waals surface area (Å²) in [6.07, 6.45) is 0. The number of para-hydroxylation sites is 2. The number of piperazine rings is 1. The lowest BCUT2D eigenvalue weighted by Gasteiger charge is -2.36. The lowest BCUT2D eigenvalue weighted by molar-refractivity contribution is -0.144. The van der Waals surface area contributed by atoms with E-state index in [4.69, 9.17) is 5.73 Å². The Bertz CT molecular complexity index is 998. The second-order valence-corrected chi connectivity index (χ2v) is 7.18. The van der Waals surface area contributed by atoms with Gasteiger partial charge < -0.3 is 15.5 Å². The van der Waals surface area contributed by atoms with Crippen molar-refractivity contribution in [3.05, 3.63) is 84.9 Å². The van der Waals surface area contributed by atoms with Crippen LogP contribution in [0.5, 0.6) is 0 Å². The number of hydrogen-bond donors (Lipinski definition) is 1. The minimum Gasteiger partial charge on any atom is -0.399 e. The first-order chi connectivity index (χ1) is 14.6. The van der Waals surface area contributed by atoms with Crippen molar-refractivity contribution in [2.45, 2.75) is 0 Å². The Balaban J connectivity index is 1.52. The zero-order valence-corrected chi connectivity index (χ0v) is 16.6. The molecule has 3 aromatic rings. The monoisotopic (exact) mass is 400 g/mol. The smallest absolute Gasteiger partial charge is 0.321 e. The summed E-state index contributed by atoms with van der Waals surface area (Å²) in [6, 6.07) is 26.2. The third-order valence-electron chi connectivity index (χ3n) is 5.24. The average Bonchev–Trinajstić information content (AvgIpc) is 2.81. The van der Waals surface area contributed by atoms with Gasteiger partial charge in [0.05, 0.1) is 0 Å². The van der Waals surface area contributed by atoms with Crippen LogP contribution in [0.2, 0.25) is 0 Å². The number of rotatable bonds is 3. The molecule has 0 aliphatic carbocycles. The first-order valence-electron chi connectivity index (χ1n) is 9.97. The summed E-state index contributed by atoms with van der Waals surface area (Å²) in [5.41, 5.74) is 8.77. The van der Waals surface area contributed by atoms with Gasteiger partial charge in [0.25, 0.3) is 0 Å². The summed E-state index contributed by atoms with van der Waals surface area (Å²) in [7, 11) is 0. The second-order valence-electron chi connectivity index (χ2n) is 7.18. The van der Waals surface area contributed by atoms with Crippen molar-refractivity contribution in [1.29, 1.82) is 0 Å². The van der Waals surface area contributed by atoms with Gasteiger partial charge in [0.15, 0.2) is 0 Å². The van der Waals surface area contributed by atoms with Gasteiger partial charge >= 0.3 is 11.8 Å². The van der Waals surface area contributed by atoms with E-state index in [1.807, 2.05) is 48.5 Å². The number of nitrogens with zero attached hydrogens (tertiary/aromatic N) is 3. The van der Waals surface area contributed by atoms with Gasteiger partial charge in [-0.15, -0.1) is 0 Å². The Hall–Kier alpha value is -3.80. The van der Waals surface area contributed by atoms with Crippen LogP contribution in [0.4, 0.5) is 22.7 Å². The topological polar surface area (TPSA) is 69.9 Å². The van der Waals surface area contributed by atoms with Crippen LogP contribution in [-0.2, 0) is 9.59 Å². The van der Waals surface area contributed by atoms with Crippen LogP contribution in [0.25, 0.3) is 0 Å². The summed E-state index contributed by atoms with van der Waals surface area (Å²) in [5, 5.41) is 0. The molecule has 1 heterocycles. The minimum absolute atomic E-state index is 0.497. The van der Waals surface area contributed by atoms with Crippen LogP contribution in [0.15, 0.2) is 84.9 Å². The number of nitrogens with two attached hydrogens (primary N) is 1. The molecular weight excluding hydrogens is 376 g/mol. The molecule has 0 radical (unpaired) electrons. The van der Waals surface area contributed by atoms with Gasteiger partial charge in [-0.3, -0.25) is 14.5 Å². The molecule has 2 amide bonds.